The van der Waals surface area contributed by atoms with Gasteiger partial charge in [0.25, 0.3) is 0 Å². The fourth-order valence-corrected chi connectivity index (χ4v) is 1.90. The van der Waals surface area contributed by atoms with Crippen molar-refractivity contribution in [1.29, 1.82) is 0 Å². The molecule has 2 atom stereocenters. The van der Waals surface area contributed by atoms with E-state index < -0.39 is 0 Å². The molecule has 0 bridgehead atoms. The van der Waals surface area contributed by atoms with Gasteiger partial charge in [0.1, 0.15) is 0 Å². The molecule has 2 unspecified atom stereocenters. The molecule has 72 valence electrons. The van der Waals surface area contributed by atoms with E-state index in [1.54, 1.807) is 0 Å². The van der Waals surface area contributed by atoms with Crippen LogP contribution in [0.25, 0.3) is 0 Å². The van der Waals surface area contributed by atoms with E-state index in [-0.39, 0.29) is 0 Å². The van der Waals surface area contributed by atoms with Crippen molar-refractivity contribution >= 4 is 0 Å². The molecule has 0 aromatic heterocycles. The first-order valence-electron chi connectivity index (χ1n) is 4.85. The molecular weight excluding hydrogens is 148 g/mol. The third-order valence-electron chi connectivity index (χ3n) is 3.58. The first-order valence-corrected chi connectivity index (χ1v) is 4.85. The van der Waals surface area contributed by atoms with E-state index in [1.807, 2.05) is 0 Å². The Labute approximate surface area is 75.7 Å². The van der Waals surface area contributed by atoms with Crippen LogP contribution in [0.15, 0.2) is 0 Å². The lowest BCUT2D eigenvalue weighted by Gasteiger charge is -2.45. The van der Waals surface area contributed by atoms with Gasteiger partial charge in [0.05, 0.1) is 0 Å². The van der Waals surface area contributed by atoms with Gasteiger partial charge in [-0.25, -0.2) is 0 Å². The predicted molar refractivity (Wildman–Crippen MR) is 52.8 cm³/mol. The van der Waals surface area contributed by atoms with Crippen LogP contribution in [0, 0.1) is 10.8 Å². The Bertz CT molecular complexity index is 165. The van der Waals surface area contributed by atoms with Crippen molar-refractivity contribution in [3.63, 3.8) is 0 Å². The van der Waals surface area contributed by atoms with Gasteiger partial charge in [-0.3, -0.25) is 0 Å². The maximum Gasteiger partial charge on any atom is 0.00959 e. The summed E-state index contributed by atoms with van der Waals surface area (Å²) in [6.07, 6.45) is 3.52. The molecule has 1 saturated carbocycles. The molecule has 1 aliphatic carbocycles. The smallest absolute Gasteiger partial charge is 0.00959 e. The van der Waals surface area contributed by atoms with E-state index in [0.717, 1.165) is 13.0 Å². The van der Waals surface area contributed by atoms with Crippen molar-refractivity contribution in [2.75, 3.05) is 6.54 Å². The molecule has 1 rings (SSSR count). The van der Waals surface area contributed by atoms with Gasteiger partial charge in [0.2, 0.25) is 0 Å². The first kappa shape index (κ1) is 10.0. The number of nitrogens with two attached hydrogens (primary N) is 2. The molecule has 4 N–H and O–H groups in total. The Hall–Kier alpha value is -0.0800. The van der Waals surface area contributed by atoms with Gasteiger partial charge < -0.3 is 11.5 Å². The summed E-state index contributed by atoms with van der Waals surface area (Å²) in [5, 5.41) is 0. The standard InChI is InChI=1S/C10H22N2/c1-9(2)4-5-10(3,7-11)6-8(9)12/h8H,4-7,11-12H2,1-3H3. The molecule has 0 aromatic carbocycles. The Balaban J connectivity index is 2.63. The monoisotopic (exact) mass is 170 g/mol. The minimum absolute atomic E-state index is 0.301. The minimum Gasteiger partial charge on any atom is -0.330 e. The molecule has 0 radical (unpaired) electrons. The second-order valence-electron chi connectivity index (χ2n) is 5.31. The summed E-state index contributed by atoms with van der Waals surface area (Å²) < 4.78 is 0. The van der Waals surface area contributed by atoms with Crippen LogP contribution in [0.1, 0.15) is 40.0 Å². The van der Waals surface area contributed by atoms with Gasteiger partial charge in [-0.15, -0.1) is 0 Å². The zero-order chi connectivity index (χ0) is 9.41. The molecule has 1 aliphatic rings. The van der Waals surface area contributed by atoms with Crippen LogP contribution in [0.2, 0.25) is 0 Å². The number of hydrogen-bond acceptors (Lipinski definition) is 2. The van der Waals surface area contributed by atoms with Crippen molar-refractivity contribution in [1.82, 2.24) is 0 Å². The average Bonchev–Trinajstić information content (AvgIpc) is 1.99. The van der Waals surface area contributed by atoms with Gasteiger partial charge in [-0.1, -0.05) is 20.8 Å². The topological polar surface area (TPSA) is 52.0 Å². The highest BCUT2D eigenvalue weighted by Gasteiger charge is 2.39. The largest absolute Gasteiger partial charge is 0.330 e. The van der Waals surface area contributed by atoms with Crippen molar-refractivity contribution < 1.29 is 0 Å². The molecule has 0 saturated heterocycles. The van der Waals surface area contributed by atoms with Crippen molar-refractivity contribution in [3.05, 3.63) is 0 Å². The molecular formula is C10H22N2. The molecule has 0 heterocycles. The Morgan fingerprint density at radius 3 is 2.25 bits per heavy atom. The second kappa shape index (κ2) is 3.00. The molecule has 0 aliphatic heterocycles. The summed E-state index contributed by atoms with van der Waals surface area (Å²) in [6.45, 7) is 7.54. The fraction of sp³-hybridized carbons (Fsp3) is 1.00. The van der Waals surface area contributed by atoms with Crippen molar-refractivity contribution in [3.8, 4) is 0 Å². The average molecular weight is 170 g/mol. The third kappa shape index (κ3) is 1.80. The molecule has 1 fully saturated rings. The molecule has 2 heteroatoms. The predicted octanol–water partition coefficient (Wildman–Crippen LogP) is 1.49. The summed E-state index contributed by atoms with van der Waals surface area (Å²) in [5.74, 6) is 0. The Kier molecular flexibility index (Phi) is 2.50. The van der Waals surface area contributed by atoms with Crippen LogP contribution < -0.4 is 11.5 Å². The van der Waals surface area contributed by atoms with E-state index in [2.05, 4.69) is 20.8 Å². The highest BCUT2D eigenvalue weighted by atomic mass is 14.7. The maximum atomic E-state index is 6.11. The number of rotatable bonds is 1. The van der Waals surface area contributed by atoms with Crippen LogP contribution in [-0.4, -0.2) is 12.6 Å². The van der Waals surface area contributed by atoms with Gasteiger partial charge in [-0.05, 0) is 36.6 Å². The lowest BCUT2D eigenvalue weighted by atomic mass is 9.63. The molecule has 0 spiro atoms. The normalized spacial score (nSPS) is 41.2. The maximum absolute atomic E-state index is 6.11. The fourth-order valence-electron chi connectivity index (χ4n) is 1.90. The summed E-state index contributed by atoms with van der Waals surface area (Å²) in [6, 6.07) is 0.319. The Morgan fingerprint density at radius 2 is 1.83 bits per heavy atom. The summed E-state index contributed by atoms with van der Waals surface area (Å²) in [4.78, 5) is 0. The van der Waals surface area contributed by atoms with Crippen LogP contribution in [0.3, 0.4) is 0 Å². The van der Waals surface area contributed by atoms with Crippen molar-refractivity contribution in [2.24, 2.45) is 22.3 Å². The number of hydrogen-bond donors (Lipinski definition) is 2. The second-order valence-corrected chi connectivity index (χ2v) is 5.31. The highest BCUT2D eigenvalue weighted by Crippen LogP contribution is 2.43. The van der Waals surface area contributed by atoms with E-state index in [4.69, 9.17) is 11.5 Å². The van der Waals surface area contributed by atoms with E-state index >= 15 is 0 Å². The molecule has 2 nitrogen and oxygen atoms in total. The zero-order valence-corrected chi connectivity index (χ0v) is 8.56. The van der Waals surface area contributed by atoms with Gasteiger partial charge >= 0.3 is 0 Å². The highest BCUT2D eigenvalue weighted by molar-refractivity contribution is 4.94. The van der Waals surface area contributed by atoms with E-state index in [0.29, 0.717) is 16.9 Å². The van der Waals surface area contributed by atoms with Gasteiger partial charge in [0, 0.05) is 6.04 Å². The summed E-state index contributed by atoms with van der Waals surface area (Å²) in [5.41, 5.74) is 12.5. The third-order valence-corrected chi connectivity index (χ3v) is 3.58. The first-order chi connectivity index (χ1) is 5.40. The summed E-state index contributed by atoms with van der Waals surface area (Å²) in [7, 11) is 0. The van der Waals surface area contributed by atoms with Crippen molar-refractivity contribution in [2.45, 2.75) is 46.1 Å². The molecule has 12 heavy (non-hydrogen) atoms. The van der Waals surface area contributed by atoms with E-state index in [9.17, 15) is 0 Å². The lowest BCUT2D eigenvalue weighted by Crippen LogP contribution is -2.48. The van der Waals surface area contributed by atoms with Gasteiger partial charge in [0.15, 0.2) is 0 Å². The van der Waals surface area contributed by atoms with Crippen LogP contribution in [-0.2, 0) is 0 Å². The van der Waals surface area contributed by atoms with Gasteiger partial charge in [-0.2, -0.15) is 0 Å². The minimum atomic E-state index is 0.301. The summed E-state index contributed by atoms with van der Waals surface area (Å²) >= 11 is 0. The quantitative estimate of drug-likeness (QED) is 0.626. The zero-order valence-electron chi connectivity index (χ0n) is 8.56. The van der Waals surface area contributed by atoms with E-state index in [1.165, 1.54) is 12.8 Å². The Morgan fingerprint density at radius 1 is 1.25 bits per heavy atom. The molecule has 0 aromatic rings. The van der Waals surface area contributed by atoms with Crippen LogP contribution in [0.4, 0.5) is 0 Å². The van der Waals surface area contributed by atoms with Crippen LogP contribution in [0.5, 0.6) is 0 Å². The lowest BCUT2D eigenvalue weighted by molar-refractivity contribution is 0.0965. The van der Waals surface area contributed by atoms with Crippen LogP contribution >= 0.6 is 0 Å². The molecule has 0 amide bonds. The SMILES string of the molecule is CC1(CN)CCC(C)(C)C(N)C1.